The molecule has 0 aromatic rings. The van der Waals surface area contributed by atoms with Crippen molar-refractivity contribution in [3.8, 4) is 0 Å². The molecule has 10 heteroatoms. The van der Waals surface area contributed by atoms with Gasteiger partial charge in [-0.1, -0.05) is 0 Å². The van der Waals surface area contributed by atoms with Gasteiger partial charge in [0.05, 0.1) is 59.5 Å². The first-order valence-electron chi connectivity index (χ1n) is 6.67. The normalized spacial score (nSPS) is 12.8. The van der Waals surface area contributed by atoms with Crippen molar-refractivity contribution in [3.63, 3.8) is 0 Å². The summed E-state index contributed by atoms with van der Waals surface area (Å²) in [6, 6.07) is 0. The topological polar surface area (TPSA) is 57.2 Å². The molecule has 0 radical (unpaired) electrons. The molecule has 0 saturated carbocycles. The van der Waals surface area contributed by atoms with Gasteiger partial charge in [-0.15, -0.1) is 0 Å². The molecule has 0 fully saturated rings. The number of alkyl halides is 5. The molecule has 134 valence electrons. The van der Waals surface area contributed by atoms with E-state index in [0.717, 1.165) is 0 Å². The number of hydrogen-bond acceptors (Lipinski definition) is 5. The van der Waals surface area contributed by atoms with Crippen molar-refractivity contribution in [1.82, 2.24) is 0 Å². The summed E-state index contributed by atoms with van der Waals surface area (Å²) in [6.07, 6.45) is -6.96. The third kappa shape index (κ3) is 11.1. The largest absolute Gasteiger partial charge is 0.453 e. The Labute approximate surface area is 125 Å². The Kier molecular flexibility index (Phi) is 11.6. The first-order valence-corrected chi connectivity index (χ1v) is 6.67. The van der Waals surface area contributed by atoms with Crippen molar-refractivity contribution in [1.29, 1.82) is 0 Å². The molecule has 0 aliphatic heterocycles. The van der Waals surface area contributed by atoms with E-state index in [9.17, 15) is 22.0 Å². The summed E-state index contributed by atoms with van der Waals surface area (Å²) >= 11 is 0. The van der Waals surface area contributed by atoms with Crippen LogP contribution in [0.15, 0.2) is 0 Å². The Hall–Kier alpha value is -0.550. The highest BCUT2D eigenvalue weighted by Gasteiger charge is 2.56. The Morgan fingerprint density at radius 2 is 0.955 bits per heavy atom. The van der Waals surface area contributed by atoms with Crippen LogP contribution >= 0.6 is 0 Å². The van der Waals surface area contributed by atoms with Gasteiger partial charge in [-0.2, -0.15) is 22.0 Å². The Balaban J connectivity index is 3.28. The molecular formula is C12H21F5O5. The third-order valence-corrected chi connectivity index (χ3v) is 2.33. The van der Waals surface area contributed by atoms with Crippen LogP contribution < -0.4 is 0 Å². The number of aliphatic hydroxyl groups excluding tert-OH is 1. The predicted octanol–water partition coefficient (Wildman–Crippen LogP) is 1.63. The summed E-state index contributed by atoms with van der Waals surface area (Å²) in [5.41, 5.74) is 0. The Morgan fingerprint density at radius 1 is 0.591 bits per heavy atom. The van der Waals surface area contributed by atoms with Gasteiger partial charge in [-0.25, -0.2) is 0 Å². The molecule has 0 amide bonds. The SMILES string of the molecule is OCCOCCOCCOCCOCCC(F)(F)C(F)(F)F. The van der Waals surface area contributed by atoms with Crippen LogP contribution in [-0.2, 0) is 18.9 Å². The molecule has 0 aromatic heterocycles. The minimum absolute atomic E-state index is 0.0575. The molecule has 0 heterocycles. The minimum atomic E-state index is -5.55. The van der Waals surface area contributed by atoms with Gasteiger partial charge >= 0.3 is 12.1 Å². The molecule has 0 atom stereocenters. The zero-order valence-corrected chi connectivity index (χ0v) is 12.0. The Morgan fingerprint density at radius 3 is 1.32 bits per heavy atom. The van der Waals surface area contributed by atoms with Gasteiger partial charge in [0.15, 0.2) is 0 Å². The molecule has 0 aromatic carbocycles. The van der Waals surface area contributed by atoms with E-state index in [1.807, 2.05) is 0 Å². The highest BCUT2D eigenvalue weighted by molar-refractivity contribution is 4.74. The molecule has 0 spiro atoms. The average molecular weight is 340 g/mol. The molecule has 0 saturated heterocycles. The number of halogens is 5. The van der Waals surface area contributed by atoms with Crippen LogP contribution in [0, 0.1) is 0 Å². The smallest absolute Gasteiger partial charge is 0.394 e. The maximum absolute atomic E-state index is 12.5. The van der Waals surface area contributed by atoms with E-state index >= 15 is 0 Å². The fourth-order valence-electron chi connectivity index (χ4n) is 1.17. The zero-order chi connectivity index (χ0) is 16.9. The van der Waals surface area contributed by atoms with E-state index in [1.54, 1.807) is 0 Å². The highest BCUT2D eigenvalue weighted by atomic mass is 19.4. The van der Waals surface area contributed by atoms with E-state index < -0.39 is 25.1 Å². The first kappa shape index (κ1) is 21.4. The van der Waals surface area contributed by atoms with E-state index in [2.05, 4.69) is 4.74 Å². The second kappa shape index (κ2) is 11.9. The van der Waals surface area contributed by atoms with Crippen molar-refractivity contribution in [2.45, 2.75) is 18.5 Å². The van der Waals surface area contributed by atoms with Crippen molar-refractivity contribution >= 4 is 0 Å². The fraction of sp³-hybridized carbons (Fsp3) is 1.00. The molecule has 5 nitrogen and oxygen atoms in total. The number of ether oxygens (including phenoxy) is 4. The van der Waals surface area contributed by atoms with E-state index in [4.69, 9.17) is 19.3 Å². The molecule has 0 bridgehead atoms. The van der Waals surface area contributed by atoms with Crippen LogP contribution in [0.2, 0.25) is 0 Å². The summed E-state index contributed by atoms with van der Waals surface area (Å²) in [6.45, 7) is 0.687. The van der Waals surface area contributed by atoms with E-state index in [1.165, 1.54) is 0 Å². The lowest BCUT2D eigenvalue weighted by Crippen LogP contribution is -2.37. The van der Waals surface area contributed by atoms with Gasteiger partial charge in [0.2, 0.25) is 0 Å². The highest BCUT2D eigenvalue weighted by Crippen LogP contribution is 2.37. The molecule has 22 heavy (non-hydrogen) atoms. The van der Waals surface area contributed by atoms with Gasteiger partial charge < -0.3 is 24.1 Å². The lowest BCUT2D eigenvalue weighted by atomic mass is 10.2. The van der Waals surface area contributed by atoms with Crippen LogP contribution in [-0.4, -0.2) is 76.7 Å². The van der Waals surface area contributed by atoms with Gasteiger partial charge in [-0.05, 0) is 0 Å². The summed E-state index contributed by atoms with van der Waals surface area (Å²) in [5.74, 6) is -4.74. The maximum atomic E-state index is 12.5. The molecule has 0 unspecified atom stereocenters. The van der Waals surface area contributed by atoms with Crippen LogP contribution in [0.25, 0.3) is 0 Å². The van der Waals surface area contributed by atoms with Crippen molar-refractivity contribution in [2.24, 2.45) is 0 Å². The average Bonchev–Trinajstić information content (AvgIpc) is 2.42. The predicted molar refractivity (Wildman–Crippen MR) is 66.0 cm³/mol. The van der Waals surface area contributed by atoms with Crippen LogP contribution in [0.5, 0.6) is 0 Å². The summed E-state index contributed by atoms with van der Waals surface area (Å²) in [7, 11) is 0. The van der Waals surface area contributed by atoms with Gasteiger partial charge in [0.1, 0.15) is 0 Å². The van der Waals surface area contributed by atoms with Crippen LogP contribution in [0.4, 0.5) is 22.0 Å². The molecule has 1 N–H and O–H groups in total. The number of rotatable bonds is 14. The lowest BCUT2D eigenvalue weighted by molar-refractivity contribution is -0.287. The van der Waals surface area contributed by atoms with Crippen LogP contribution in [0.3, 0.4) is 0 Å². The zero-order valence-electron chi connectivity index (χ0n) is 12.0. The second-order valence-electron chi connectivity index (χ2n) is 4.13. The molecule has 0 aliphatic carbocycles. The number of hydrogen-bond donors (Lipinski definition) is 1. The minimum Gasteiger partial charge on any atom is -0.394 e. The van der Waals surface area contributed by atoms with Gasteiger partial charge in [0, 0.05) is 6.42 Å². The van der Waals surface area contributed by atoms with E-state index in [0.29, 0.717) is 13.2 Å². The maximum Gasteiger partial charge on any atom is 0.453 e. The van der Waals surface area contributed by atoms with Crippen LogP contribution in [0.1, 0.15) is 6.42 Å². The first-order chi connectivity index (χ1) is 10.3. The lowest BCUT2D eigenvalue weighted by Gasteiger charge is -2.19. The molecular weight excluding hydrogens is 319 g/mol. The van der Waals surface area contributed by atoms with Gasteiger partial charge in [0.25, 0.3) is 0 Å². The van der Waals surface area contributed by atoms with Crippen molar-refractivity contribution in [3.05, 3.63) is 0 Å². The molecule has 0 aliphatic rings. The Bertz CT molecular complexity index is 263. The van der Waals surface area contributed by atoms with Crippen molar-refractivity contribution in [2.75, 3.05) is 59.5 Å². The molecule has 0 rings (SSSR count). The fourth-order valence-corrected chi connectivity index (χ4v) is 1.17. The van der Waals surface area contributed by atoms with Crippen molar-refractivity contribution < 1.29 is 46.0 Å². The van der Waals surface area contributed by atoms with Gasteiger partial charge in [-0.3, -0.25) is 0 Å². The monoisotopic (exact) mass is 340 g/mol. The number of aliphatic hydroxyl groups is 1. The summed E-state index contributed by atoms with van der Waals surface area (Å²) in [4.78, 5) is 0. The third-order valence-electron chi connectivity index (χ3n) is 2.33. The second-order valence-corrected chi connectivity index (χ2v) is 4.13. The standard InChI is InChI=1S/C12H21F5O5/c13-11(14,12(15,16)17)1-3-19-5-7-21-9-10-22-8-6-20-4-2-18/h18H,1-10H2. The quantitative estimate of drug-likeness (QED) is 0.385. The summed E-state index contributed by atoms with van der Waals surface area (Å²) < 4.78 is 80.1. The summed E-state index contributed by atoms with van der Waals surface area (Å²) in [5, 5.41) is 8.42. The van der Waals surface area contributed by atoms with E-state index in [-0.39, 0.29) is 39.6 Å².